The third-order valence-corrected chi connectivity index (χ3v) is 6.76. The number of ether oxygens (including phenoxy) is 1. The number of nitrogens with zero attached hydrogens (tertiary/aromatic N) is 2. The molecule has 220 valence electrons. The van der Waals surface area contributed by atoms with E-state index in [9.17, 15) is 9.59 Å². The highest BCUT2D eigenvalue weighted by Crippen LogP contribution is 2.35. The van der Waals surface area contributed by atoms with Gasteiger partial charge in [0.05, 0.1) is 17.9 Å². The van der Waals surface area contributed by atoms with E-state index in [4.69, 9.17) is 9.15 Å². The van der Waals surface area contributed by atoms with Crippen LogP contribution in [0.3, 0.4) is 0 Å². The molecule has 0 unspecified atom stereocenters. The van der Waals surface area contributed by atoms with Crippen LogP contribution in [0.2, 0.25) is 0 Å². The third-order valence-electron chi connectivity index (χ3n) is 6.76. The Kier molecular flexibility index (Phi) is 7.68. The lowest BCUT2D eigenvalue weighted by atomic mass is 10.1. The number of pyridine rings is 2. The van der Waals surface area contributed by atoms with Gasteiger partial charge in [-0.25, -0.2) is 4.79 Å². The van der Waals surface area contributed by atoms with Crippen molar-refractivity contribution >= 4 is 51.0 Å². The van der Waals surface area contributed by atoms with Crippen molar-refractivity contribution < 1.29 is 18.7 Å². The standard InChI is InChI=1S/C35H31N5O4/c1-35(2,3)44-34(42)38-21-26-19-22(15-17-36-26)33(41)40-24-13-11-23(12-14-24)39-25-16-18-37-30(20-25)29-9-6-8-28-27-7-4-5-10-31(27)43-32(28)29/h4-20H,21H2,1-3H3,(H,37,39)(H,38,42)(H,40,41). The molecule has 0 saturated carbocycles. The van der Waals surface area contributed by atoms with Gasteiger partial charge in [0.25, 0.3) is 5.91 Å². The molecule has 6 rings (SSSR count). The number of benzene rings is 3. The number of fused-ring (bicyclic) bond motifs is 3. The minimum Gasteiger partial charge on any atom is -0.455 e. The van der Waals surface area contributed by atoms with Crippen LogP contribution in [-0.4, -0.2) is 27.6 Å². The summed E-state index contributed by atoms with van der Waals surface area (Å²) in [6.45, 7) is 5.51. The van der Waals surface area contributed by atoms with Gasteiger partial charge in [-0.05, 0) is 81.4 Å². The van der Waals surface area contributed by atoms with E-state index in [-0.39, 0.29) is 12.5 Å². The number of aromatic nitrogens is 2. The lowest BCUT2D eigenvalue weighted by Crippen LogP contribution is -2.32. The average Bonchev–Trinajstić information content (AvgIpc) is 3.39. The van der Waals surface area contributed by atoms with Crippen molar-refractivity contribution in [2.24, 2.45) is 0 Å². The van der Waals surface area contributed by atoms with E-state index in [1.165, 1.54) is 6.20 Å². The summed E-state index contributed by atoms with van der Waals surface area (Å²) in [6, 6.07) is 28.6. The molecule has 0 aliphatic rings. The summed E-state index contributed by atoms with van der Waals surface area (Å²) in [5, 5.41) is 11.1. The highest BCUT2D eigenvalue weighted by atomic mass is 16.6. The minimum absolute atomic E-state index is 0.139. The summed E-state index contributed by atoms with van der Waals surface area (Å²) >= 11 is 0. The highest BCUT2D eigenvalue weighted by molar-refractivity contribution is 6.09. The van der Waals surface area contributed by atoms with Gasteiger partial charge in [0.2, 0.25) is 0 Å². The van der Waals surface area contributed by atoms with Crippen molar-refractivity contribution in [1.29, 1.82) is 0 Å². The molecule has 0 radical (unpaired) electrons. The van der Waals surface area contributed by atoms with E-state index in [2.05, 4.69) is 38.1 Å². The fraction of sp³-hybridized carbons (Fsp3) is 0.143. The zero-order chi connectivity index (χ0) is 30.7. The lowest BCUT2D eigenvalue weighted by Gasteiger charge is -2.19. The Morgan fingerprint density at radius 2 is 1.55 bits per heavy atom. The Balaban J connectivity index is 1.11. The molecule has 3 aromatic carbocycles. The predicted molar refractivity (Wildman–Crippen MR) is 172 cm³/mol. The largest absolute Gasteiger partial charge is 0.455 e. The summed E-state index contributed by atoms with van der Waals surface area (Å²) in [6.07, 6.45) is 2.75. The van der Waals surface area contributed by atoms with Crippen LogP contribution in [-0.2, 0) is 11.3 Å². The molecule has 9 nitrogen and oxygen atoms in total. The summed E-state index contributed by atoms with van der Waals surface area (Å²) in [4.78, 5) is 33.7. The monoisotopic (exact) mass is 585 g/mol. The summed E-state index contributed by atoms with van der Waals surface area (Å²) < 4.78 is 11.4. The minimum atomic E-state index is -0.600. The van der Waals surface area contributed by atoms with Crippen LogP contribution in [0.4, 0.5) is 21.9 Å². The normalized spacial score (nSPS) is 11.3. The summed E-state index contributed by atoms with van der Waals surface area (Å²) in [5.74, 6) is -0.287. The van der Waals surface area contributed by atoms with Gasteiger partial charge < -0.3 is 25.1 Å². The van der Waals surface area contributed by atoms with E-state index >= 15 is 0 Å². The van der Waals surface area contributed by atoms with Gasteiger partial charge in [-0.3, -0.25) is 14.8 Å². The number of anilines is 3. The Morgan fingerprint density at radius 1 is 0.795 bits per heavy atom. The number of furan rings is 1. The maximum Gasteiger partial charge on any atom is 0.407 e. The molecule has 0 spiro atoms. The molecular formula is C35H31N5O4. The van der Waals surface area contributed by atoms with Crippen LogP contribution in [0.1, 0.15) is 36.8 Å². The zero-order valence-electron chi connectivity index (χ0n) is 24.5. The lowest BCUT2D eigenvalue weighted by molar-refractivity contribution is 0.0523. The quantitative estimate of drug-likeness (QED) is 0.173. The number of hydrogen-bond donors (Lipinski definition) is 3. The molecule has 0 bridgehead atoms. The molecule has 2 amide bonds. The van der Waals surface area contributed by atoms with E-state index in [0.717, 1.165) is 44.6 Å². The molecule has 3 N–H and O–H groups in total. The molecule has 6 aromatic rings. The Hall–Kier alpha value is -5.70. The second kappa shape index (κ2) is 11.9. The zero-order valence-corrected chi connectivity index (χ0v) is 24.5. The highest BCUT2D eigenvalue weighted by Gasteiger charge is 2.16. The summed E-state index contributed by atoms with van der Waals surface area (Å²) in [7, 11) is 0. The van der Waals surface area contributed by atoms with Crippen molar-refractivity contribution in [1.82, 2.24) is 15.3 Å². The second-order valence-electron chi connectivity index (χ2n) is 11.3. The van der Waals surface area contributed by atoms with Gasteiger partial charge in [-0.1, -0.05) is 30.3 Å². The SMILES string of the molecule is CC(C)(C)OC(=O)NCc1cc(C(=O)Nc2ccc(Nc3ccnc(-c4cccc5c4oc4ccccc45)c3)cc2)ccn1. The number of carbonyl (C=O) groups is 2. The number of nitrogens with one attached hydrogen (secondary N) is 3. The van der Waals surface area contributed by atoms with Crippen molar-refractivity contribution in [3.8, 4) is 11.3 Å². The van der Waals surface area contributed by atoms with Crippen LogP contribution in [0.15, 0.2) is 108 Å². The molecule has 0 atom stereocenters. The number of amides is 2. The first-order valence-electron chi connectivity index (χ1n) is 14.2. The molecule has 0 aliphatic carbocycles. The molecule has 3 aromatic heterocycles. The number of rotatable bonds is 7. The molecule has 9 heteroatoms. The predicted octanol–water partition coefficient (Wildman–Crippen LogP) is 8.06. The van der Waals surface area contributed by atoms with Gasteiger partial charge in [0.1, 0.15) is 16.8 Å². The second-order valence-corrected chi connectivity index (χ2v) is 11.3. The molecule has 0 aliphatic heterocycles. The Bertz CT molecular complexity index is 1980. The number of carbonyl (C=O) groups excluding carboxylic acids is 2. The Morgan fingerprint density at radius 3 is 2.36 bits per heavy atom. The summed E-state index contributed by atoms with van der Waals surface area (Å²) in [5.41, 5.74) is 6.07. The molecule has 0 saturated heterocycles. The van der Waals surface area contributed by atoms with Crippen LogP contribution < -0.4 is 16.0 Å². The number of alkyl carbamates (subject to hydrolysis) is 1. The van der Waals surface area contributed by atoms with Gasteiger partial charge in [-0.2, -0.15) is 0 Å². The maximum atomic E-state index is 12.9. The molecular weight excluding hydrogens is 554 g/mol. The first kappa shape index (κ1) is 28.4. The van der Waals surface area contributed by atoms with Gasteiger partial charge >= 0.3 is 6.09 Å². The first-order chi connectivity index (χ1) is 21.2. The van der Waals surface area contributed by atoms with E-state index in [1.54, 1.807) is 39.1 Å². The van der Waals surface area contributed by atoms with Crippen molar-refractivity contribution in [3.05, 3.63) is 115 Å². The fourth-order valence-electron chi connectivity index (χ4n) is 4.80. The third kappa shape index (κ3) is 6.52. The Labute approximate surface area is 254 Å². The fourth-order valence-corrected chi connectivity index (χ4v) is 4.80. The van der Waals surface area contributed by atoms with Crippen molar-refractivity contribution in [3.63, 3.8) is 0 Å². The van der Waals surface area contributed by atoms with Gasteiger partial charge in [0, 0.05) is 51.4 Å². The van der Waals surface area contributed by atoms with Crippen LogP contribution in [0.25, 0.3) is 33.2 Å². The van der Waals surface area contributed by atoms with Crippen LogP contribution in [0, 0.1) is 0 Å². The topological polar surface area (TPSA) is 118 Å². The number of para-hydroxylation sites is 2. The number of hydrogen-bond acceptors (Lipinski definition) is 7. The molecule has 3 heterocycles. The molecule has 44 heavy (non-hydrogen) atoms. The first-order valence-corrected chi connectivity index (χ1v) is 14.2. The van der Waals surface area contributed by atoms with Crippen LogP contribution in [0.5, 0.6) is 0 Å². The van der Waals surface area contributed by atoms with Crippen molar-refractivity contribution in [2.75, 3.05) is 10.6 Å². The van der Waals surface area contributed by atoms with Gasteiger partial charge in [-0.15, -0.1) is 0 Å². The molecule has 0 fully saturated rings. The van der Waals surface area contributed by atoms with E-state index < -0.39 is 11.7 Å². The van der Waals surface area contributed by atoms with E-state index in [0.29, 0.717) is 16.9 Å². The van der Waals surface area contributed by atoms with E-state index in [1.807, 2.05) is 66.7 Å². The van der Waals surface area contributed by atoms with Gasteiger partial charge in [0.15, 0.2) is 0 Å². The smallest absolute Gasteiger partial charge is 0.407 e. The van der Waals surface area contributed by atoms with Crippen molar-refractivity contribution in [2.45, 2.75) is 32.9 Å². The van der Waals surface area contributed by atoms with Crippen LogP contribution >= 0.6 is 0 Å². The average molecular weight is 586 g/mol. The maximum absolute atomic E-state index is 12.9.